The van der Waals surface area contributed by atoms with Crippen LogP contribution in [0.1, 0.15) is 29.0 Å². The molecule has 0 bridgehead atoms. The Hall–Kier alpha value is -2.00. The molecule has 1 N–H and O–H groups in total. The Balaban J connectivity index is 2.33. The molecule has 0 saturated carbocycles. The van der Waals surface area contributed by atoms with Gasteiger partial charge in [0.05, 0.1) is 5.69 Å². The Morgan fingerprint density at radius 3 is 2.81 bits per heavy atom. The van der Waals surface area contributed by atoms with Gasteiger partial charge in [-0.15, -0.1) is 0 Å². The number of rotatable bonds is 2. The van der Waals surface area contributed by atoms with E-state index < -0.39 is 12.5 Å². The lowest BCUT2D eigenvalue weighted by Gasteiger charge is -2.36. The minimum atomic E-state index is -2.47. The van der Waals surface area contributed by atoms with Crippen LogP contribution in [0.5, 0.6) is 0 Å². The second-order valence-electron chi connectivity index (χ2n) is 4.76. The maximum absolute atomic E-state index is 8.22. The van der Waals surface area contributed by atoms with Gasteiger partial charge in [0.15, 0.2) is 5.60 Å². The quantitative estimate of drug-likeness (QED) is 0.900. The molecule has 0 aromatic heterocycles. The van der Waals surface area contributed by atoms with Crippen molar-refractivity contribution in [3.05, 3.63) is 64.7 Å². The Kier molecular flexibility index (Phi) is 2.75. The standard InChI is InChI=1S/C17H17ClN2O/c1-3-19-16-20-15-10-9-13(18)11-14(15)17(2,21-16)12-7-5-4-6-8-12/h4-11H,3H2,1-2H3,(H,19,20)/i2D3. The van der Waals surface area contributed by atoms with Crippen LogP contribution in [0.25, 0.3) is 0 Å². The fraction of sp³-hybridized carbons (Fsp3) is 0.235. The highest BCUT2D eigenvalue weighted by atomic mass is 35.5. The molecular formula is C17H17ClN2O. The fourth-order valence-corrected chi connectivity index (χ4v) is 2.51. The molecule has 0 fully saturated rings. The molecule has 0 aliphatic carbocycles. The number of benzene rings is 2. The molecule has 0 saturated heterocycles. The van der Waals surface area contributed by atoms with Gasteiger partial charge < -0.3 is 10.1 Å². The van der Waals surface area contributed by atoms with Gasteiger partial charge in [0, 0.05) is 21.2 Å². The molecule has 0 amide bonds. The van der Waals surface area contributed by atoms with E-state index in [1.165, 1.54) is 0 Å². The fourth-order valence-electron chi connectivity index (χ4n) is 2.33. The number of halogens is 1. The first-order valence-electron chi connectivity index (χ1n) is 8.25. The summed E-state index contributed by atoms with van der Waals surface area (Å²) in [6.45, 7) is -0.0131. The molecule has 0 radical (unpaired) electrons. The Labute approximate surface area is 133 Å². The molecule has 1 heterocycles. The summed E-state index contributed by atoms with van der Waals surface area (Å²) in [5, 5.41) is 3.42. The zero-order chi connectivity index (χ0) is 17.4. The summed E-state index contributed by atoms with van der Waals surface area (Å²) >= 11 is 6.14. The van der Waals surface area contributed by atoms with Crippen molar-refractivity contribution in [3.63, 3.8) is 0 Å². The van der Waals surface area contributed by atoms with E-state index in [-0.39, 0.29) is 6.02 Å². The van der Waals surface area contributed by atoms with Crippen LogP contribution in [0.15, 0.2) is 53.5 Å². The van der Waals surface area contributed by atoms with Gasteiger partial charge in [-0.3, -0.25) is 0 Å². The highest BCUT2D eigenvalue weighted by molar-refractivity contribution is 6.30. The molecule has 108 valence electrons. The Morgan fingerprint density at radius 2 is 2.10 bits per heavy atom. The third-order valence-electron chi connectivity index (χ3n) is 3.32. The normalized spacial score (nSPS) is 23.0. The van der Waals surface area contributed by atoms with Crippen LogP contribution in [-0.2, 0) is 10.3 Å². The summed E-state index contributed by atoms with van der Waals surface area (Å²) in [5.74, 6) is 0. The first-order valence-corrected chi connectivity index (χ1v) is 7.13. The molecule has 1 atom stereocenters. The number of aliphatic imine (C=N–C) groups is 1. The number of hydrogen-bond acceptors (Lipinski definition) is 3. The maximum Gasteiger partial charge on any atom is 0.291 e. The summed E-state index contributed by atoms with van der Waals surface area (Å²) in [6, 6.07) is 14.1. The summed E-state index contributed by atoms with van der Waals surface area (Å²) in [4.78, 5) is 4.39. The van der Waals surface area contributed by atoms with Crippen molar-refractivity contribution in [2.24, 2.45) is 4.99 Å². The average molecular weight is 304 g/mol. The number of nitrogens with one attached hydrogen (secondary N) is 1. The topological polar surface area (TPSA) is 33.6 Å². The molecule has 2 aromatic carbocycles. The average Bonchev–Trinajstić information content (AvgIpc) is 2.54. The lowest BCUT2D eigenvalue weighted by atomic mass is 9.86. The van der Waals surface area contributed by atoms with E-state index in [1.54, 1.807) is 42.5 Å². The second kappa shape index (κ2) is 5.41. The number of hydrogen-bond donors (Lipinski definition) is 1. The molecule has 1 aliphatic heterocycles. The predicted molar refractivity (Wildman–Crippen MR) is 86.2 cm³/mol. The number of nitrogens with zero attached hydrogens (tertiary/aromatic N) is 1. The van der Waals surface area contributed by atoms with Crippen molar-refractivity contribution >= 4 is 23.3 Å². The van der Waals surface area contributed by atoms with Crippen LogP contribution in [0.3, 0.4) is 0 Å². The smallest absolute Gasteiger partial charge is 0.291 e. The van der Waals surface area contributed by atoms with E-state index in [4.69, 9.17) is 20.5 Å². The first-order chi connectivity index (χ1) is 11.4. The van der Waals surface area contributed by atoms with E-state index in [2.05, 4.69) is 10.3 Å². The molecule has 3 nitrogen and oxygen atoms in total. The van der Waals surface area contributed by atoms with Crippen molar-refractivity contribution in [1.82, 2.24) is 5.32 Å². The molecule has 21 heavy (non-hydrogen) atoms. The molecule has 0 spiro atoms. The highest BCUT2D eigenvalue weighted by Gasteiger charge is 2.37. The SMILES string of the molecule is [2H]C([2H])([2H])C1(c2ccccc2)OC(NCC)=Nc2ccc(Cl)cc21. The van der Waals surface area contributed by atoms with E-state index in [9.17, 15) is 0 Å². The van der Waals surface area contributed by atoms with Gasteiger partial charge in [-0.05, 0) is 37.5 Å². The van der Waals surface area contributed by atoms with Crippen LogP contribution in [0.4, 0.5) is 5.69 Å². The Bertz CT molecular complexity index is 777. The molecular weight excluding hydrogens is 284 g/mol. The van der Waals surface area contributed by atoms with Gasteiger partial charge in [-0.1, -0.05) is 41.9 Å². The third kappa shape index (κ3) is 2.49. The Morgan fingerprint density at radius 1 is 1.29 bits per heavy atom. The zero-order valence-corrected chi connectivity index (χ0v) is 12.3. The largest absolute Gasteiger partial charge is 0.449 e. The monoisotopic (exact) mass is 303 g/mol. The van der Waals surface area contributed by atoms with E-state index in [0.717, 1.165) is 0 Å². The van der Waals surface area contributed by atoms with Crippen LogP contribution in [0, 0.1) is 0 Å². The van der Waals surface area contributed by atoms with Gasteiger partial charge in [-0.2, -0.15) is 4.99 Å². The van der Waals surface area contributed by atoms with Crippen molar-refractivity contribution in [2.75, 3.05) is 6.54 Å². The molecule has 3 rings (SSSR count). The first kappa shape index (κ1) is 10.7. The molecule has 1 aliphatic rings. The van der Waals surface area contributed by atoms with Crippen LogP contribution >= 0.6 is 11.6 Å². The van der Waals surface area contributed by atoms with Crippen LogP contribution < -0.4 is 5.32 Å². The number of amidine groups is 1. The van der Waals surface area contributed by atoms with Crippen molar-refractivity contribution < 1.29 is 8.85 Å². The van der Waals surface area contributed by atoms with Crippen LogP contribution in [-0.4, -0.2) is 12.6 Å². The maximum atomic E-state index is 8.22. The molecule has 4 heteroatoms. The van der Waals surface area contributed by atoms with Crippen molar-refractivity contribution in [1.29, 1.82) is 0 Å². The number of fused-ring (bicyclic) bond motifs is 1. The second-order valence-corrected chi connectivity index (χ2v) is 5.19. The van der Waals surface area contributed by atoms with E-state index >= 15 is 0 Å². The molecule has 1 unspecified atom stereocenters. The van der Waals surface area contributed by atoms with Crippen molar-refractivity contribution in [3.8, 4) is 0 Å². The summed E-state index contributed by atoms with van der Waals surface area (Å²) in [5.41, 5.74) is -0.184. The van der Waals surface area contributed by atoms with Crippen LogP contribution in [0.2, 0.25) is 5.02 Å². The number of ether oxygens (including phenoxy) is 1. The zero-order valence-electron chi connectivity index (χ0n) is 14.6. The molecule has 2 aromatic rings. The summed E-state index contributed by atoms with van der Waals surface area (Å²) in [7, 11) is 0. The summed E-state index contributed by atoms with van der Waals surface area (Å²) < 4.78 is 30.6. The van der Waals surface area contributed by atoms with Gasteiger partial charge in [0.25, 0.3) is 6.02 Å². The van der Waals surface area contributed by atoms with Gasteiger partial charge in [0.1, 0.15) is 0 Å². The van der Waals surface area contributed by atoms with Gasteiger partial charge in [-0.25, -0.2) is 0 Å². The summed E-state index contributed by atoms with van der Waals surface area (Å²) in [6.07, 6.45) is 0. The minimum absolute atomic E-state index is 0.187. The minimum Gasteiger partial charge on any atom is -0.449 e. The van der Waals surface area contributed by atoms with E-state index in [0.29, 0.717) is 28.4 Å². The van der Waals surface area contributed by atoms with Gasteiger partial charge >= 0.3 is 0 Å². The highest BCUT2D eigenvalue weighted by Crippen LogP contribution is 2.42. The lowest BCUT2D eigenvalue weighted by molar-refractivity contribution is 0.106. The predicted octanol–water partition coefficient (Wildman–Crippen LogP) is 4.23. The third-order valence-corrected chi connectivity index (χ3v) is 3.55. The van der Waals surface area contributed by atoms with Crippen molar-refractivity contribution in [2.45, 2.75) is 19.4 Å². The van der Waals surface area contributed by atoms with Gasteiger partial charge in [0.2, 0.25) is 0 Å². The van der Waals surface area contributed by atoms with E-state index in [1.807, 2.05) is 13.0 Å². The lowest BCUT2D eigenvalue weighted by Crippen LogP contribution is -2.39.